The second kappa shape index (κ2) is 5.55. The molecule has 0 fully saturated rings. The number of aromatic nitrogens is 1. The lowest BCUT2D eigenvalue weighted by Crippen LogP contribution is -2.14. The lowest BCUT2D eigenvalue weighted by atomic mass is 9.81. The van der Waals surface area contributed by atoms with E-state index in [-0.39, 0.29) is 5.78 Å². The van der Waals surface area contributed by atoms with Gasteiger partial charge in [-0.3, -0.25) is 4.79 Å². The third-order valence-electron chi connectivity index (χ3n) is 5.41. The Morgan fingerprint density at radius 1 is 0.852 bits per heavy atom. The average molecular weight is 353 g/mol. The maximum absolute atomic E-state index is 13.4. The van der Waals surface area contributed by atoms with Crippen molar-refractivity contribution in [2.75, 3.05) is 24.7 Å². The molecule has 0 saturated heterocycles. The van der Waals surface area contributed by atoms with E-state index < -0.39 is 0 Å². The lowest BCUT2D eigenvalue weighted by molar-refractivity contribution is 0.104. The van der Waals surface area contributed by atoms with Gasteiger partial charge in [-0.2, -0.15) is 0 Å². The summed E-state index contributed by atoms with van der Waals surface area (Å²) in [5, 5.41) is 8.46. The van der Waals surface area contributed by atoms with Crippen molar-refractivity contribution in [3.05, 3.63) is 65.2 Å². The van der Waals surface area contributed by atoms with E-state index in [2.05, 4.69) is 35.8 Å². The molecule has 0 spiro atoms. The van der Waals surface area contributed by atoms with Crippen LogP contribution in [0, 0.1) is 6.92 Å². The van der Waals surface area contributed by atoms with Gasteiger partial charge in [-0.05, 0) is 30.7 Å². The van der Waals surface area contributed by atoms with E-state index >= 15 is 0 Å². The van der Waals surface area contributed by atoms with Crippen LogP contribution in [-0.4, -0.2) is 24.9 Å². The highest BCUT2D eigenvalue weighted by atomic mass is 16.1. The Hall–Kier alpha value is -3.40. The van der Waals surface area contributed by atoms with E-state index in [1.54, 1.807) is 0 Å². The molecule has 1 aliphatic carbocycles. The number of benzene rings is 3. The van der Waals surface area contributed by atoms with Gasteiger partial charge < -0.3 is 10.6 Å². The minimum atomic E-state index is 0.0453. The maximum Gasteiger partial charge on any atom is 0.196 e. The minimum Gasteiger partial charge on any atom is -0.387 e. The van der Waals surface area contributed by atoms with Crippen LogP contribution in [0.1, 0.15) is 21.5 Å². The summed E-state index contributed by atoms with van der Waals surface area (Å²) in [6.45, 7) is 2.08. The Morgan fingerprint density at radius 2 is 1.59 bits per heavy atom. The molecule has 4 nitrogen and oxygen atoms in total. The molecule has 1 heterocycles. The second-order valence-electron chi connectivity index (χ2n) is 6.95. The number of carbonyl (C=O) groups is 1. The summed E-state index contributed by atoms with van der Waals surface area (Å²) in [4.78, 5) is 18.3. The zero-order chi connectivity index (χ0) is 18.7. The number of fused-ring (bicyclic) bond motifs is 4. The van der Waals surface area contributed by atoms with Crippen molar-refractivity contribution in [3.63, 3.8) is 0 Å². The molecule has 0 unspecified atom stereocenters. The molecule has 0 amide bonds. The quantitative estimate of drug-likeness (QED) is 0.439. The number of aryl methyl sites for hydroxylation is 1. The number of pyridine rings is 1. The van der Waals surface area contributed by atoms with E-state index in [1.165, 1.54) is 5.56 Å². The number of hydrogen-bond donors (Lipinski definition) is 2. The van der Waals surface area contributed by atoms with Gasteiger partial charge >= 0.3 is 0 Å². The normalized spacial score (nSPS) is 12.3. The molecular formula is C23H19N3O. The molecule has 132 valence electrons. The molecule has 3 aromatic carbocycles. The highest BCUT2D eigenvalue weighted by molar-refractivity contribution is 6.32. The predicted octanol–water partition coefficient (Wildman–Crippen LogP) is 4.99. The first-order chi connectivity index (χ1) is 13.1. The number of hydrogen-bond acceptors (Lipinski definition) is 4. The Kier molecular flexibility index (Phi) is 3.25. The van der Waals surface area contributed by atoms with Gasteiger partial charge in [0.25, 0.3) is 0 Å². The van der Waals surface area contributed by atoms with Gasteiger partial charge in [-0.15, -0.1) is 0 Å². The van der Waals surface area contributed by atoms with E-state index in [9.17, 15) is 4.79 Å². The van der Waals surface area contributed by atoms with Gasteiger partial charge in [-0.1, -0.05) is 35.9 Å². The van der Waals surface area contributed by atoms with Crippen molar-refractivity contribution in [1.29, 1.82) is 0 Å². The number of ketones is 1. The van der Waals surface area contributed by atoms with Gasteiger partial charge in [0.05, 0.1) is 22.3 Å². The number of nitrogens with zero attached hydrogens (tertiary/aromatic N) is 1. The number of carbonyl (C=O) groups excluding carboxylic acids is 1. The van der Waals surface area contributed by atoms with Crippen molar-refractivity contribution in [2.45, 2.75) is 6.92 Å². The molecular weight excluding hydrogens is 334 g/mol. The van der Waals surface area contributed by atoms with Crippen LogP contribution in [0.4, 0.5) is 11.4 Å². The first kappa shape index (κ1) is 15.8. The summed E-state index contributed by atoms with van der Waals surface area (Å²) in [7, 11) is 3.74. The Morgan fingerprint density at radius 3 is 2.33 bits per heavy atom. The number of rotatable bonds is 2. The zero-order valence-electron chi connectivity index (χ0n) is 15.5. The van der Waals surface area contributed by atoms with Gasteiger partial charge in [-0.25, -0.2) is 4.98 Å². The Labute approximate surface area is 157 Å². The molecule has 0 aliphatic heterocycles. The molecule has 0 radical (unpaired) electrons. The Balaban J connectivity index is 2.13. The SMILES string of the molecule is CNc1cc(NC)c2nc3ccc(C)cc3c3c2c1C(=O)c1ccccc1-3. The van der Waals surface area contributed by atoms with Crippen molar-refractivity contribution in [2.24, 2.45) is 0 Å². The highest BCUT2D eigenvalue weighted by Gasteiger charge is 2.30. The van der Waals surface area contributed by atoms with Crippen molar-refractivity contribution in [3.8, 4) is 11.1 Å². The van der Waals surface area contributed by atoms with E-state index in [0.29, 0.717) is 5.56 Å². The standard InChI is InChI=1S/C23H19N3O/c1-12-8-9-16-15(10-12)19-13-6-4-5-7-14(13)23(27)20-17(24-2)11-18(25-3)22(26-16)21(19)20/h4-11,24-25H,1-3H3. The van der Waals surface area contributed by atoms with Crippen LogP contribution in [0.25, 0.3) is 32.9 Å². The number of nitrogens with one attached hydrogen (secondary N) is 2. The molecule has 0 atom stereocenters. The van der Waals surface area contributed by atoms with Crippen LogP contribution in [0.3, 0.4) is 0 Å². The molecule has 27 heavy (non-hydrogen) atoms. The van der Waals surface area contributed by atoms with Crippen molar-refractivity contribution in [1.82, 2.24) is 4.98 Å². The average Bonchev–Trinajstić information content (AvgIpc) is 2.70. The molecule has 1 aliphatic rings. The van der Waals surface area contributed by atoms with Gasteiger partial charge in [0.1, 0.15) is 0 Å². The third kappa shape index (κ3) is 2.04. The summed E-state index contributed by atoms with van der Waals surface area (Å²) in [6, 6.07) is 16.2. The lowest BCUT2D eigenvalue weighted by Gasteiger charge is -2.25. The first-order valence-electron chi connectivity index (χ1n) is 9.04. The van der Waals surface area contributed by atoms with Gasteiger partial charge in [0.15, 0.2) is 5.78 Å². The fourth-order valence-corrected chi connectivity index (χ4v) is 4.17. The summed E-state index contributed by atoms with van der Waals surface area (Å²) in [6.07, 6.45) is 0. The highest BCUT2D eigenvalue weighted by Crippen LogP contribution is 2.47. The predicted molar refractivity (Wildman–Crippen MR) is 112 cm³/mol. The van der Waals surface area contributed by atoms with Crippen LogP contribution in [0.2, 0.25) is 0 Å². The maximum atomic E-state index is 13.4. The van der Waals surface area contributed by atoms with E-state index in [4.69, 9.17) is 4.98 Å². The van der Waals surface area contributed by atoms with E-state index in [1.807, 2.05) is 44.4 Å². The molecule has 5 rings (SSSR count). The van der Waals surface area contributed by atoms with Crippen molar-refractivity contribution < 1.29 is 4.79 Å². The number of anilines is 2. The molecule has 4 heteroatoms. The van der Waals surface area contributed by atoms with Crippen LogP contribution < -0.4 is 10.6 Å². The van der Waals surface area contributed by atoms with Gasteiger partial charge in [0, 0.05) is 41.7 Å². The summed E-state index contributed by atoms with van der Waals surface area (Å²) >= 11 is 0. The van der Waals surface area contributed by atoms with Crippen LogP contribution >= 0.6 is 0 Å². The summed E-state index contributed by atoms with van der Waals surface area (Å²) in [5.74, 6) is 0.0453. The van der Waals surface area contributed by atoms with Crippen LogP contribution in [-0.2, 0) is 0 Å². The van der Waals surface area contributed by atoms with Crippen LogP contribution in [0.15, 0.2) is 48.5 Å². The topological polar surface area (TPSA) is 54.0 Å². The molecule has 1 aromatic heterocycles. The first-order valence-corrected chi connectivity index (χ1v) is 9.04. The zero-order valence-corrected chi connectivity index (χ0v) is 15.5. The largest absolute Gasteiger partial charge is 0.387 e. The fraction of sp³-hybridized carbons (Fsp3) is 0.130. The summed E-state index contributed by atoms with van der Waals surface area (Å²) < 4.78 is 0. The van der Waals surface area contributed by atoms with E-state index in [0.717, 1.165) is 49.9 Å². The molecule has 2 N–H and O–H groups in total. The summed E-state index contributed by atoms with van der Waals surface area (Å²) in [5.41, 5.74) is 8.20. The molecule has 4 aromatic rings. The van der Waals surface area contributed by atoms with Gasteiger partial charge in [0.2, 0.25) is 0 Å². The monoisotopic (exact) mass is 353 g/mol. The second-order valence-corrected chi connectivity index (χ2v) is 6.95. The smallest absolute Gasteiger partial charge is 0.196 e. The fourth-order valence-electron chi connectivity index (χ4n) is 4.17. The molecule has 0 saturated carbocycles. The minimum absolute atomic E-state index is 0.0453. The third-order valence-corrected chi connectivity index (χ3v) is 5.41. The Bertz CT molecular complexity index is 1270. The van der Waals surface area contributed by atoms with Crippen LogP contribution in [0.5, 0.6) is 0 Å². The van der Waals surface area contributed by atoms with Crippen molar-refractivity contribution >= 4 is 39.0 Å². The molecule has 0 bridgehead atoms.